The molecule has 100 valence electrons. The van der Waals surface area contributed by atoms with Crippen LogP contribution in [0.5, 0.6) is 0 Å². The highest BCUT2D eigenvalue weighted by Crippen LogP contribution is 2.33. The lowest BCUT2D eigenvalue weighted by Crippen LogP contribution is -2.28. The van der Waals surface area contributed by atoms with Crippen LogP contribution in [0.15, 0.2) is 28.7 Å². The maximum Gasteiger partial charge on any atom is 0.0320 e. The van der Waals surface area contributed by atoms with Crippen molar-refractivity contribution in [2.45, 2.75) is 13.0 Å². The van der Waals surface area contributed by atoms with Gasteiger partial charge >= 0.3 is 0 Å². The van der Waals surface area contributed by atoms with E-state index in [0.29, 0.717) is 6.04 Å². The molecule has 3 atom stereocenters. The van der Waals surface area contributed by atoms with Crippen molar-refractivity contribution in [1.29, 1.82) is 0 Å². The second-order valence-electron chi connectivity index (χ2n) is 5.36. The third kappa shape index (κ3) is 2.74. The number of hydrogen-bond acceptors (Lipinski definition) is 2. The predicted molar refractivity (Wildman–Crippen MR) is 81.2 cm³/mol. The van der Waals surface area contributed by atoms with Gasteiger partial charge in [0, 0.05) is 23.6 Å². The number of nitrogens with zero attached hydrogens (tertiary/aromatic N) is 1. The highest BCUT2D eigenvalue weighted by molar-refractivity contribution is 9.10. The van der Waals surface area contributed by atoms with Crippen LogP contribution in [-0.4, -0.2) is 31.1 Å². The minimum Gasteiger partial charge on any atom is -0.316 e. The van der Waals surface area contributed by atoms with Crippen LogP contribution in [0.4, 0.5) is 0 Å². The second kappa shape index (κ2) is 5.91. The second-order valence-corrected chi connectivity index (χ2v) is 6.28. The minimum atomic E-state index is 0. The molecule has 2 fully saturated rings. The van der Waals surface area contributed by atoms with Crippen LogP contribution in [0.3, 0.4) is 0 Å². The number of fused-ring (bicyclic) bond motifs is 1. The van der Waals surface area contributed by atoms with Crippen LogP contribution in [0, 0.1) is 11.8 Å². The Morgan fingerprint density at radius 2 is 1.94 bits per heavy atom. The quantitative estimate of drug-likeness (QED) is 0.896. The summed E-state index contributed by atoms with van der Waals surface area (Å²) in [4.78, 5) is 2.64. The van der Waals surface area contributed by atoms with Crippen molar-refractivity contribution >= 4 is 28.3 Å². The molecule has 4 heteroatoms. The van der Waals surface area contributed by atoms with Gasteiger partial charge in [-0.25, -0.2) is 0 Å². The van der Waals surface area contributed by atoms with Gasteiger partial charge in [0.05, 0.1) is 0 Å². The first-order valence-corrected chi connectivity index (χ1v) is 7.23. The first kappa shape index (κ1) is 14.3. The largest absolute Gasteiger partial charge is 0.316 e. The monoisotopic (exact) mass is 330 g/mol. The molecule has 2 aliphatic rings. The molecule has 2 aliphatic heterocycles. The number of hydrogen-bond donors (Lipinski definition) is 1. The smallest absolute Gasteiger partial charge is 0.0320 e. The first-order valence-electron chi connectivity index (χ1n) is 6.44. The Kier molecular flexibility index (Phi) is 4.70. The van der Waals surface area contributed by atoms with E-state index in [1.54, 1.807) is 0 Å². The zero-order valence-electron chi connectivity index (χ0n) is 10.6. The van der Waals surface area contributed by atoms with Crippen LogP contribution >= 0.6 is 28.3 Å². The van der Waals surface area contributed by atoms with E-state index in [4.69, 9.17) is 0 Å². The fraction of sp³-hybridized carbons (Fsp3) is 0.571. The van der Waals surface area contributed by atoms with Gasteiger partial charge < -0.3 is 5.32 Å². The van der Waals surface area contributed by atoms with E-state index in [1.165, 1.54) is 36.2 Å². The van der Waals surface area contributed by atoms with Crippen molar-refractivity contribution < 1.29 is 0 Å². The van der Waals surface area contributed by atoms with Gasteiger partial charge in [-0.2, -0.15) is 0 Å². The van der Waals surface area contributed by atoms with Crippen LogP contribution in [0.1, 0.15) is 18.5 Å². The zero-order chi connectivity index (χ0) is 11.8. The maximum atomic E-state index is 3.56. The van der Waals surface area contributed by atoms with Crippen LogP contribution in [-0.2, 0) is 0 Å². The summed E-state index contributed by atoms with van der Waals surface area (Å²) in [5, 5.41) is 3.50. The molecule has 0 aromatic heterocycles. The highest BCUT2D eigenvalue weighted by atomic mass is 79.9. The molecule has 0 spiro atoms. The molecule has 2 nitrogen and oxygen atoms in total. The first-order chi connectivity index (χ1) is 8.24. The fourth-order valence-corrected chi connectivity index (χ4v) is 3.60. The van der Waals surface area contributed by atoms with Crippen molar-refractivity contribution in [3.8, 4) is 0 Å². The summed E-state index contributed by atoms with van der Waals surface area (Å²) < 4.78 is 1.18. The molecule has 1 aromatic rings. The normalized spacial score (nSPS) is 28.8. The summed E-state index contributed by atoms with van der Waals surface area (Å²) in [6.07, 6.45) is 0. The van der Waals surface area contributed by atoms with E-state index in [2.05, 4.69) is 57.3 Å². The zero-order valence-corrected chi connectivity index (χ0v) is 13.0. The molecular weight excluding hydrogens is 312 g/mol. The number of nitrogens with one attached hydrogen (secondary N) is 1. The molecule has 0 saturated carbocycles. The maximum absolute atomic E-state index is 3.56. The van der Waals surface area contributed by atoms with E-state index >= 15 is 0 Å². The molecular formula is C14H20BrClN2. The van der Waals surface area contributed by atoms with Crippen molar-refractivity contribution in [2.75, 3.05) is 26.2 Å². The van der Waals surface area contributed by atoms with E-state index in [9.17, 15) is 0 Å². The van der Waals surface area contributed by atoms with Crippen molar-refractivity contribution in [3.05, 3.63) is 34.3 Å². The summed E-state index contributed by atoms with van der Waals surface area (Å²) in [5.41, 5.74) is 1.42. The average molecular weight is 332 g/mol. The Labute approximate surface area is 124 Å². The minimum absolute atomic E-state index is 0. The van der Waals surface area contributed by atoms with Gasteiger partial charge in [-0.05, 0) is 49.5 Å². The molecule has 1 unspecified atom stereocenters. The predicted octanol–water partition coefficient (Wildman–Crippen LogP) is 3.08. The number of rotatable bonds is 2. The van der Waals surface area contributed by atoms with E-state index < -0.39 is 0 Å². The lowest BCUT2D eigenvalue weighted by atomic mass is 10.0. The molecule has 1 N–H and O–H groups in total. The molecule has 18 heavy (non-hydrogen) atoms. The number of likely N-dealkylation sites (tertiary alicyclic amines) is 1. The number of halogens is 2. The van der Waals surface area contributed by atoms with Gasteiger partial charge in [0.2, 0.25) is 0 Å². The van der Waals surface area contributed by atoms with E-state index in [-0.39, 0.29) is 12.4 Å². The molecule has 0 aliphatic carbocycles. The van der Waals surface area contributed by atoms with E-state index in [0.717, 1.165) is 11.8 Å². The van der Waals surface area contributed by atoms with Crippen LogP contribution < -0.4 is 5.32 Å². The Morgan fingerprint density at radius 1 is 1.28 bits per heavy atom. The molecule has 3 rings (SSSR count). The highest BCUT2D eigenvalue weighted by Gasteiger charge is 2.37. The van der Waals surface area contributed by atoms with E-state index in [1.807, 2.05) is 0 Å². The Hall–Kier alpha value is -0.0900. The summed E-state index contributed by atoms with van der Waals surface area (Å²) in [7, 11) is 0. The van der Waals surface area contributed by atoms with Crippen LogP contribution in [0.25, 0.3) is 0 Å². The molecule has 2 heterocycles. The topological polar surface area (TPSA) is 15.3 Å². The Balaban J connectivity index is 0.00000120. The Bertz CT molecular complexity index is 401. The van der Waals surface area contributed by atoms with Gasteiger partial charge in [-0.3, -0.25) is 4.90 Å². The van der Waals surface area contributed by atoms with Gasteiger partial charge in [-0.1, -0.05) is 28.1 Å². The molecule has 2 saturated heterocycles. The van der Waals surface area contributed by atoms with Gasteiger partial charge in [0.25, 0.3) is 0 Å². The molecule has 1 aromatic carbocycles. The van der Waals surface area contributed by atoms with Crippen molar-refractivity contribution in [1.82, 2.24) is 10.2 Å². The third-order valence-electron chi connectivity index (χ3n) is 4.30. The summed E-state index contributed by atoms with van der Waals surface area (Å²) in [6.45, 7) is 7.27. The van der Waals surface area contributed by atoms with Crippen molar-refractivity contribution in [2.24, 2.45) is 11.8 Å². The van der Waals surface area contributed by atoms with Crippen LogP contribution in [0.2, 0.25) is 0 Å². The molecule has 0 radical (unpaired) electrons. The average Bonchev–Trinajstić information content (AvgIpc) is 2.88. The summed E-state index contributed by atoms with van der Waals surface area (Å²) in [5.74, 6) is 1.76. The third-order valence-corrected chi connectivity index (χ3v) is 4.79. The lowest BCUT2D eigenvalue weighted by molar-refractivity contribution is 0.244. The SMILES string of the molecule is CC(c1cccc(Br)c1)N1C[C@H]2CNC[C@H]2C1.Cl. The van der Waals surface area contributed by atoms with Crippen molar-refractivity contribution in [3.63, 3.8) is 0 Å². The summed E-state index contributed by atoms with van der Waals surface area (Å²) in [6, 6.07) is 9.25. The van der Waals surface area contributed by atoms with Gasteiger partial charge in [0.15, 0.2) is 0 Å². The fourth-order valence-electron chi connectivity index (χ4n) is 3.19. The molecule has 0 amide bonds. The number of benzene rings is 1. The summed E-state index contributed by atoms with van der Waals surface area (Å²) >= 11 is 3.56. The Morgan fingerprint density at radius 3 is 2.56 bits per heavy atom. The van der Waals surface area contributed by atoms with Gasteiger partial charge in [-0.15, -0.1) is 12.4 Å². The standard InChI is InChI=1S/C14H19BrN2.ClH/c1-10(11-3-2-4-14(15)5-11)17-8-12-6-16-7-13(12)9-17;/h2-5,10,12-13,16H,6-9H2,1H3;1H/t10?,12-,13+;. The lowest BCUT2D eigenvalue weighted by Gasteiger charge is -2.25. The van der Waals surface area contributed by atoms with Gasteiger partial charge in [0.1, 0.15) is 0 Å². The molecule has 0 bridgehead atoms.